The highest BCUT2D eigenvalue weighted by Crippen LogP contribution is 2.24. The first-order valence-electron chi connectivity index (χ1n) is 8.99. The molecule has 150 valence electrons. The highest BCUT2D eigenvalue weighted by atomic mass is 35.5. The zero-order valence-corrected chi connectivity index (χ0v) is 18.4. The molecule has 0 bridgehead atoms. The van der Waals surface area contributed by atoms with E-state index in [1.807, 2.05) is 50.2 Å². The first-order valence-corrected chi connectivity index (χ1v) is 10.7. The maximum Gasteiger partial charge on any atom is 0.242 e. The number of benzene rings is 2. The van der Waals surface area contributed by atoms with Crippen molar-refractivity contribution in [1.29, 1.82) is 0 Å². The van der Waals surface area contributed by atoms with Gasteiger partial charge in [0.1, 0.15) is 6.04 Å². The Labute approximate surface area is 180 Å². The SMILES string of the molecule is CC(C)NC(=O)[C@@H](C)N(Cc1ccc(Cl)c(Cl)c1)C(=O)CSc1ccccc1. The molecule has 0 spiro atoms. The molecular weight excluding hydrogens is 415 g/mol. The molecule has 0 aromatic heterocycles. The quantitative estimate of drug-likeness (QED) is 0.587. The van der Waals surface area contributed by atoms with Crippen LogP contribution in [-0.4, -0.2) is 34.6 Å². The minimum atomic E-state index is -0.610. The van der Waals surface area contributed by atoms with Crippen LogP contribution in [-0.2, 0) is 16.1 Å². The Hall–Kier alpha value is -1.69. The number of rotatable bonds is 8. The third-order valence-electron chi connectivity index (χ3n) is 4.04. The molecule has 1 N–H and O–H groups in total. The van der Waals surface area contributed by atoms with E-state index in [9.17, 15) is 9.59 Å². The number of hydrogen-bond acceptors (Lipinski definition) is 3. The summed E-state index contributed by atoms with van der Waals surface area (Å²) >= 11 is 13.5. The van der Waals surface area contributed by atoms with Gasteiger partial charge in [0.05, 0.1) is 15.8 Å². The third-order valence-corrected chi connectivity index (χ3v) is 5.78. The first-order chi connectivity index (χ1) is 13.3. The van der Waals surface area contributed by atoms with Crippen molar-refractivity contribution >= 4 is 46.8 Å². The van der Waals surface area contributed by atoms with Gasteiger partial charge in [0, 0.05) is 17.5 Å². The Kier molecular flexibility index (Phi) is 8.67. The van der Waals surface area contributed by atoms with E-state index >= 15 is 0 Å². The minimum Gasteiger partial charge on any atom is -0.352 e. The number of carbonyl (C=O) groups excluding carboxylic acids is 2. The Morgan fingerprint density at radius 1 is 1.04 bits per heavy atom. The standard InChI is InChI=1S/C21H24Cl2N2O2S/c1-14(2)24-21(27)15(3)25(12-16-9-10-18(22)19(23)11-16)20(26)13-28-17-7-5-4-6-8-17/h4-11,14-15H,12-13H2,1-3H3,(H,24,27)/t15-/m1/s1. The van der Waals surface area contributed by atoms with Gasteiger partial charge in [0.15, 0.2) is 0 Å². The minimum absolute atomic E-state index is 0.00410. The molecule has 0 aliphatic heterocycles. The van der Waals surface area contributed by atoms with E-state index in [2.05, 4.69) is 5.32 Å². The van der Waals surface area contributed by atoms with E-state index in [-0.39, 0.29) is 30.2 Å². The summed E-state index contributed by atoms with van der Waals surface area (Å²) in [5.41, 5.74) is 0.816. The number of hydrogen-bond donors (Lipinski definition) is 1. The zero-order valence-electron chi connectivity index (χ0n) is 16.1. The van der Waals surface area contributed by atoms with Crippen LogP contribution in [0.4, 0.5) is 0 Å². The molecule has 1 atom stereocenters. The van der Waals surface area contributed by atoms with Crippen molar-refractivity contribution in [1.82, 2.24) is 10.2 Å². The predicted octanol–water partition coefficient (Wildman–Crippen LogP) is 5.03. The lowest BCUT2D eigenvalue weighted by Crippen LogP contribution is -2.49. The van der Waals surface area contributed by atoms with Gasteiger partial charge in [-0.3, -0.25) is 9.59 Å². The highest BCUT2D eigenvalue weighted by Gasteiger charge is 2.26. The van der Waals surface area contributed by atoms with E-state index in [1.165, 1.54) is 11.8 Å². The van der Waals surface area contributed by atoms with Crippen LogP contribution < -0.4 is 5.32 Å². The van der Waals surface area contributed by atoms with E-state index in [0.29, 0.717) is 10.0 Å². The summed E-state index contributed by atoms with van der Waals surface area (Å²) in [7, 11) is 0. The molecule has 0 radical (unpaired) electrons. The average molecular weight is 439 g/mol. The van der Waals surface area contributed by atoms with Crippen LogP contribution >= 0.6 is 35.0 Å². The molecule has 0 aliphatic rings. The maximum absolute atomic E-state index is 13.0. The Morgan fingerprint density at radius 3 is 2.32 bits per heavy atom. The molecule has 0 fully saturated rings. The molecule has 0 saturated heterocycles. The summed E-state index contributed by atoms with van der Waals surface area (Å²) in [5.74, 6) is -0.0654. The molecule has 0 aliphatic carbocycles. The lowest BCUT2D eigenvalue weighted by molar-refractivity contribution is -0.138. The van der Waals surface area contributed by atoms with Crippen molar-refractivity contribution in [3.05, 3.63) is 64.1 Å². The van der Waals surface area contributed by atoms with Gasteiger partial charge in [-0.25, -0.2) is 0 Å². The average Bonchev–Trinajstić information content (AvgIpc) is 2.66. The second kappa shape index (κ2) is 10.7. The van der Waals surface area contributed by atoms with Gasteiger partial charge in [0.2, 0.25) is 11.8 Å². The fraction of sp³-hybridized carbons (Fsp3) is 0.333. The molecular formula is C21H24Cl2N2O2S. The Balaban J connectivity index is 2.17. The summed E-state index contributed by atoms with van der Waals surface area (Å²) in [5, 5.41) is 3.74. The van der Waals surface area contributed by atoms with Crippen molar-refractivity contribution < 1.29 is 9.59 Å². The molecule has 2 amide bonds. The molecule has 2 rings (SSSR count). The van der Waals surface area contributed by atoms with E-state index in [1.54, 1.807) is 24.0 Å². The largest absolute Gasteiger partial charge is 0.352 e. The predicted molar refractivity (Wildman–Crippen MR) is 117 cm³/mol. The maximum atomic E-state index is 13.0. The number of nitrogens with one attached hydrogen (secondary N) is 1. The third kappa shape index (κ3) is 6.73. The van der Waals surface area contributed by atoms with Crippen molar-refractivity contribution in [2.75, 3.05) is 5.75 Å². The second-order valence-electron chi connectivity index (χ2n) is 6.71. The van der Waals surface area contributed by atoms with Crippen LogP contribution in [0.5, 0.6) is 0 Å². The van der Waals surface area contributed by atoms with E-state index in [0.717, 1.165) is 10.5 Å². The lowest BCUT2D eigenvalue weighted by Gasteiger charge is -2.29. The van der Waals surface area contributed by atoms with Crippen LogP contribution in [0.25, 0.3) is 0 Å². The molecule has 4 nitrogen and oxygen atoms in total. The molecule has 0 unspecified atom stereocenters. The lowest BCUT2D eigenvalue weighted by atomic mass is 10.1. The Bertz CT molecular complexity index is 815. The summed E-state index contributed by atoms with van der Waals surface area (Å²) in [6.07, 6.45) is 0. The van der Waals surface area contributed by atoms with Gasteiger partial charge in [-0.2, -0.15) is 0 Å². The van der Waals surface area contributed by atoms with Crippen molar-refractivity contribution in [3.8, 4) is 0 Å². The molecule has 0 saturated carbocycles. The molecule has 7 heteroatoms. The first kappa shape index (κ1) is 22.6. The van der Waals surface area contributed by atoms with Crippen LogP contribution in [0.15, 0.2) is 53.4 Å². The van der Waals surface area contributed by atoms with Gasteiger partial charge in [-0.15, -0.1) is 11.8 Å². The number of nitrogens with zero attached hydrogens (tertiary/aromatic N) is 1. The zero-order chi connectivity index (χ0) is 20.7. The summed E-state index contributed by atoms with van der Waals surface area (Å²) in [4.78, 5) is 28.1. The van der Waals surface area contributed by atoms with Gasteiger partial charge >= 0.3 is 0 Å². The van der Waals surface area contributed by atoms with Crippen LogP contribution in [0, 0.1) is 0 Å². The molecule has 2 aromatic rings. The number of amides is 2. The molecule has 0 heterocycles. The second-order valence-corrected chi connectivity index (χ2v) is 8.57. The normalized spacial score (nSPS) is 11.9. The van der Waals surface area contributed by atoms with Crippen LogP contribution in [0.2, 0.25) is 10.0 Å². The fourth-order valence-corrected chi connectivity index (χ4v) is 3.69. The smallest absolute Gasteiger partial charge is 0.242 e. The topological polar surface area (TPSA) is 49.4 Å². The summed E-state index contributed by atoms with van der Waals surface area (Å²) in [6.45, 7) is 5.79. The summed E-state index contributed by atoms with van der Waals surface area (Å²) in [6, 6.07) is 14.3. The number of carbonyl (C=O) groups is 2. The highest BCUT2D eigenvalue weighted by molar-refractivity contribution is 8.00. The number of thioether (sulfide) groups is 1. The van der Waals surface area contributed by atoms with Gasteiger partial charge in [-0.05, 0) is 50.6 Å². The Morgan fingerprint density at radius 2 is 1.71 bits per heavy atom. The van der Waals surface area contributed by atoms with Crippen molar-refractivity contribution in [2.45, 2.75) is 44.3 Å². The van der Waals surface area contributed by atoms with Crippen molar-refractivity contribution in [2.24, 2.45) is 0 Å². The monoisotopic (exact) mass is 438 g/mol. The van der Waals surface area contributed by atoms with Crippen molar-refractivity contribution in [3.63, 3.8) is 0 Å². The van der Waals surface area contributed by atoms with E-state index < -0.39 is 6.04 Å². The van der Waals surface area contributed by atoms with Gasteiger partial charge in [0.25, 0.3) is 0 Å². The molecule has 2 aromatic carbocycles. The number of halogens is 2. The summed E-state index contributed by atoms with van der Waals surface area (Å²) < 4.78 is 0. The fourth-order valence-electron chi connectivity index (χ4n) is 2.57. The molecule has 28 heavy (non-hydrogen) atoms. The van der Waals surface area contributed by atoms with Crippen LogP contribution in [0.1, 0.15) is 26.3 Å². The van der Waals surface area contributed by atoms with Gasteiger partial charge < -0.3 is 10.2 Å². The van der Waals surface area contributed by atoms with E-state index in [4.69, 9.17) is 23.2 Å². The van der Waals surface area contributed by atoms with Crippen LogP contribution in [0.3, 0.4) is 0 Å². The van der Waals surface area contributed by atoms with Gasteiger partial charge in [-0.1, -0.05) is 47.5 Å².